The maximum Gasteiger partial charge on any atom is 0.323 e. The van der Waals surface area contributed by atoms with Crippen molar-refractivity contribution >= 4 is 11.9 Å². The number of amides is 1. The van der Waals surface area contributed by atoms with Crippen molar-refractivity contribution in [1.82, 2.24) is 9.80 Å². The highest BCUT2D eigenvalue weighted by Crippen LogP contribution is 2.10. The molecule has 0 spiro atoms. The van der Waals surface area contributed by atoms with Crippen LogP contribution in [0.5, 0.6) is 0 Å². The van der Waals surface area contributed by atoms with Gasteiger partial charge in [-0.2, -0.15) is 0 Å². The van der Waals surface area contributed by atoms with Crippen molar-refractivity contribution in [2.45, 2.75) is 19.8 Å². The third kappa shape index (κ3) is 6.40. The van der Waals surface area contributed by atoms with Gasteiger partial charge in [-0.05, 0) is 38.6 Å². The Morgan fingerprint density at radius 3 is 2.38 bits per heavy atom. The number of hydrogen-bond donors (Lipinski definition) is 1. The van der Waals surface area contributed by atoms with Gasteiger partial charge in [-0.15, -0.1) is 0 Å². The summed E-state index contributed by atoms with van der Waals surface area (Å²) < 4.78 is 0. The predicted molar refractivity (Wildman–Crippen MR) is 82.3 cm³/mol. The molecule has 5 nitrogen and oxygen atoms in total. The van der Waals surface area contributed by atoms with Crippen LogP contribution < -0.4 is 0 Å². The lowest BCUT2D eigenvalue weighted by atomic mass is 10.0. The van der Waals surface area contributed by atoms with Crippen molar-refractivity contribution in [3.8, 4) is 0 Å². The van der Waals surface area contributed by atoms with E-state index in [1.165, 1.54) is 4.90 Å². The quantitative estimate of drug-likeness (QED) is 0.787. The van der Waals surface area contributed by atoms with Crippen molar-refractivity contribution in [2.75, 3.05) is 33.7 Å². The number of carbonyl (C=O) groups is 2. The Bertz CT molecular complexity index is 486. The number of aliphatic carboxylic acids is 1. The molecule has 0 radical (unpaired) electrons. The summed E-state index contributed by atoms with van der Waals surface area (Å²) in [5.74, 6) is -1.08. The van der Waals surface area contributed by atoms with Gasteiger partial charge < -0.3 is 14.9 Å². The van der Waals surface area contributed by atoms with Gasteiger partial charge in [-0.25, -0.2) is 0 Å². The molecule has 116 valence electrons. The number of carboxylic acids is 1. The molecule has 0 aromatic heterocycles. The van der Waals surface area contributed by atoms with Gasteiger partial charge in [0.15, 0.2) is 0 Å². The third-order valence-corrected chi connectivity index (χ3v) is 3.37. The number of aryl methyl sites for hydroxylation is 2. The Labute approximate surface area is 126 Å². The molecule has 0 unspecified atom stereocenters. The molecule has 0 saturated carbocycles. The van der Waals surface area contributed by atoms with E-state index in [-0.39, 0.29) is 12.5 Å². The second kappa shape index (κ2) is 8.42. The van der Waals surface area contributed by atoms with E-state index >= 15 is 0 Å². The Balaban J connectivity index is 2.59. The molecule has 1 rings (SSSR count). The number of carbonyl (C=O) groups excluding carboxylic acids is 1. The molecule has 1 aromatic carbocycles. The summed E-state index contributed by atoms with van der Waals surface area (Å²) in [5.41, 5.74) is 2.29. The van der Waals surface area contributed by atoms with Crippen LogP contribution in [-0.4, -0.2) is 60.5 Å². The zero-order valence-corrected chi connectivity index (χ0v) is 13.0. The maximum atomic E-state index is 12.2. The van der Waals surface area contributed by atoms with Crippen LogP contribution >= 0.6 is 0 Å². The fourth-order valence-corrected chi connectivity index (χ4v) is 2.07. The molecular formula is C16H24N2O3. The van der Waals surface area contributed by atoms with E-state index in [2.05, 4.69) is 0 Å². The highest BCUT2D eigenvalue weighted by Gasteiger charge is 2.16. The molecule has 5 heteroatoms. The van der Waals surface area contributed by atoms with Gasteiger partial charge in [-0.3, -0.25) is 9.59 Å². The largest absolute Gasteiger partial charge is 0.480 e. The van der Waals surface area contributed by atoms with Gasteiger partial charge in [0.25, 0.3) is 0 Å². The van der Waals surface area contributed by atoms with Crippen molar-refractivity contribution in [3.05, 3.63) is 35.4 Å². The number of hydrogen-bond acceptors (Lipinski definition) is 3. The molecule has 0 aliphatic rings. The average Bonchev–Trinajstić information content (AvgIpc) is 2.41. The number of benzene rings is 1. The standard InChI is InChI=1S/C16H24N2O3/c1-13-6-4-5-7-14(13)8-9-15(19)18(12-16(20)21)11-10-17(2)3/h4-7H,8-12H2,1-3H3,(H,20,21). The van der Waals surface area contributed by atoms with Gasteiger partial charge in [0.1, 0.15) is 6.54 Å². The molecule has 0 heterocycles. The minimum Gasteiger partial charge on any atom is -0.480 e. The van der Waals surface area contributed by atoms with Gasteiger partial charge in [0.05, 0.1) is 0 Å². The van der Waals surface area contributed by atoms with Crippen LogP contribution in [-0.2, 0) is 16.0 Å². The summed E-state index contributed by atoms with van der Waals surface area (Å²) in [5, 5.41) is 8.92. The van der Waals surface area contributed by atoms with Crippen LogP contribution in [0.3, 0.4) is 0 Å². The molecule has 0 aliphatic carbocycles. The summed E-state index contributed by atoms with van der Waals surface area (Å²) >= 11 is 0. The Kier molecular flexibility index (Phi) is 6.88. The molecule has 1 aromatic rings. The Morgan fingerprint density at radius 2 is 1.81 bits per heavy atom. The molecule has 21 heavy (non-hydrogen) atoms. The molecular weight excluding hydrogens is 268 g/mol. The normalized spacial score (nSPS) is 10.7. The summed E-state index contributed by atoms with van der Waals surface area (Å²) in [7, 11) is 3.80. The van der Waals surface area contributed by atoms with Crippen molar-refractivity contribution < 1.29 is 14.7 Å². The first-order valence-corrected chi connectivity index (χ1v) is 7.09. The fraction of sp³-hybridized carbons (Fsp3) is 0.500. The minimum absolute atomic E-state index is 0.109. The monoisotopic (exact) mass is 292 g/mol. The van der Waals surface area contributed by atoms with Crippen LogP contribution in [0, 0.1) is 6.92 Å². The van der Waals surface area contributed by atoms with E-state index in [0.29, 0.717) is 25.9 Å². The topological polar surface area (TPSA) is 60.9 Å². The van der Waals surface area contributed by atoms with Crippen LogP contribution in [0.1, 0.15) is 17.5 Å². The van der Waals surface area contributed by atoms with E-state index in [1.807, 2.05) is 50.2 Å². The Hall–Kier alpha value is -1.88. The highest BCUT2D eigenvalue weighted by atomic mass is 16.4. The SMILES string of the molecule is Cc1ccccc1CCC(=O)N(CCN(C)C)CC(=O)O. The molecule has 0 saturated heterocycles. The zero-order chi connectivity index (χ0) is 15.8. The molecule has 1 amide bonds. The number of rotatable bonds is 8. The second-order valence-electron chi connectivity index (χ2n) is 5.44. The van der Waals surface area contributed by atoms with Crippen molar-refractivity contribution in [1.29, 1.82) is 0 Å². The Morgan fingerprint density at radius 1 is 1.14 bits per heavy atom. The fourth-order valence-electron chi connectivity index (χ4n) is 2.07. The molecule has 1 N–H and O–H groups in total. The van der Waals surface area contributed by atoms with E-state index in [4.69, 9.17) is 5.11 Å². The van der Waals surface area contributed by atoms with Crippen molar-refractivity contribution in [3.63, 3.8) is 0 Å². The number of carboxylic acid groups (broad SMARTS) is 1. The van der Waals surface area contributed by atoms with E-state index in [9.17, 15) is 9.59 Å². The summed E-state index contributed by atoms with van der Waals surface area (Å²) in [4.78, 5) is 26.5. The lowest BCUT2D eigenvalue weighted by Gasteiger charge is -2.22. The number of nitrogens with zero attached hydrogens (tertiary/aromatic N) is 2. The first kappa shape index (κ1) is 17.2. The molecule has 0 bridgehead atoms. The smallest absolute Gasteiger partial charge is 0.323 e. The molecule has 0 fully saturated rings. The van der Waals surface area contributed by atoms with Crippen LogP contribution in [0.4, 0.5) is 0 Å². The predicted octanol–water partition coefficient (Wildman–Crippen LogP) is 1.40. The van der Waals surface area contributed by atoms with E-state index < -0.39 is 5.97 Å². The third-order valence-electron chi connectivity index (χ3n) is 3.37. The number of likely N-dealkylation sites (N-methyl/N-ethyl adjacent to an activating group) is 1. The summed E-state index contributed by atoms with van der Waals surface area (Å²) in [6, 6.07) is 7.94. The van der Waals surface area contributed by atoms with Gasteiger partial charge >= 0.3 is 5.97 Å². The van der Waals surface area contributed by atoms with Crippen molar-refractivity contribution in [2.24, 2.45) is 0 Å². The van der Waals surface area contributed by atoms with E-state index in [0.717, 1.165) is 11.1 Å². The van der Waals surface area contributed by atoms with Crippen LogP contribution in [0.15, 0.2) is 24.3 Å². The van der Waals surface area contributed by atoms with Gasteiger partial charge in [0, 0.05) is 19.5 Å². The second-order valence-corrected chi connectivity index (χ2v) is 5.44. The van der Waals surface area contributed by atoms with Crippen LogP contribution in [0.25, 0.3) is 0 Å². The molecule has 0 aliphatic heterocycles. The summed E-state index contributed by atoms with van der Waals surface area (Å²) in [6.07, 6.45) is 0.981. The first-order valence-electron chi connectivity index (χ1n) is 7.09. The van der Waals surface area contributed by atoms with Crippen LogP contribution in [0.2, 0.25) is 0 Å². The average molecular weight is 292 g/mol. The minimum atomic E-state index is -0.974. The lowest BCUT2D eigenvalue weighted by molar-refractivity contribution is -0.144. The summed E-state index contributed by atoms with van der Waals surface area (Å²) in [6.45, 7) is 2.87. The highest BCUT2D eigenvalue weighted by molar-refractivity contribution is 5.81. The van der Waals surface area contributed by atoms with Gasteiger partial charge in [-0.1, -0.05) is 24.3 Å². The molecule has 0 atom stereocenters. The first-order chi connectivity index (χ1) is 9.90. The lowest BCUT2D eigenvalue weighted by Crippen LogP contribution is -2.40. The zero-order valence-electron chi connectivity index (χ0n) is 13.0. The maximum absolute atomic E-state index is 12.2. The van der Waals surface area contributed by atoms with E-state index in [1.54, 1.807) is 0 Å². The van der Waals surface area contributed by atoms with Gasteiger partial charge in [0.2, 0.25) is 5.91 Å².